The molecule has 0 N–H and O–H groups in total. The lowest BCUT2D eigenvalue weighted by Gasteiger charge is -2.33. The van der Waals surface area contributed by atoms with Crippen LogP contribution >= 0.6 is 0 Å². The fraction of sp³-hybridized carbons (Fsp3) is 0.286. The van der Waals surface area contributed by atoms with Gasteiger partial charge < -0.3 is 9.64 Å². The zero-order valence-corrected chi connectivity index (χ0v) is 15.1. The summed E-state index contributed by atoms with van der Waals surface area (Å²) in [4.78, 5) is 40.2. The lowest BCUT2D eigenvalue weighted by molar-refractivity contribution is -0.139. The normalized spacial score (nSPS) is 19.1. The molecule has 2 aromatic rings. The summed E-state index contributed by atoms with van der Waals surface area (Å²) in [5.41, 5.74) is 1.56. The Kier molecular flexibility index (Phi) is 4.92. The lowest BCUT2D eigenvalue weighted by Crippen LogP contribution is -2.43. The summed E-state index contributed by atoms with van der Waals surface area (Å²) < 4.78 is 18.8. The fourth-order valence-electron chi connectivity index (χ4n) is 3.56. The highest BCUT2D eigenvalue weighted by Gasteiger charge is 2.35. The van der Waals surface area contributed by atoms with Gasteiger partial charge in [0.15, 0.2) is 0 Å². The Hall–Kier alpha value is -3.06. The number of hydrogen-bond acceptors (Lipinski definition) is 4. The molecule has 0 bridgehead atoms. The highest BCUT2D eigenvalue weighted by molar-refractivity contribution is 6.21. The number of benzene rings is 2. The van der Waals surface area contributed by atoms with E-state index in [2.05, 4.69) is 0 Å². The number of fused-ring (bicyclic) bond motifs is 1. The molecule has 0 radical (unpaired) electrons. The van der Waals surface area contributed by atoms with Crippen LogP contribution in [0.2, 0.25) is 0 Å². The molecule has 2 heterocycles. The number of amides is 3. The lowest BCUT2D eigenvalue weighted by atomic mass is 10.1. The molecule has 7 heteroatoms. The van der Waals surface area contributed by atoms with Crippen molar-refractivity contribution in [3.8, 4) is 0 Å². The van der Waals surface area contributed by atoms with E-state index in [1.54, 1.807) is 41.3 Å². The van der Waals surface area contributed by atoms with Crippen LogP contribution in [0.15, 0.2) is 48.5 Å². The zero-order valence-electron chi connectivity index (χ0n) is 15.1. The van der Waals surface area contributed by atoms with Crippen LogP contribution in [0.4, 0.5) is 4.39 Å². The van der Waals surface area contributed by atoms with Gasteiger partial charge in [0.05, 0.1) is 24.3 Å². The molecule has 0 aliphatic carbocycles. The van der Waals surface area contributed by atoms with Crippen molar-refractivity contribution in [1.29, 1.82) is 0 Å². The van der Waals surface area contributed by atoms with Crippen molar-refractivity contribution in [2.45, 2.75) is 12.5 Å². The predicted molar refractivity (Wildman–Crippen MR) is 98.1 cm³/mol. The number of carbonyl (C=O) groups excluding carboxylic acids is 3. The molecule has 144 valence electrons. The first kappa shape index (κ1) is 18.3. The van der Waals surface area contributed by atoms with Crippen molar-refractivity contribution in [1.82, 2.24) is 9.80 Å². The van der Waals surface area contributed by atoms with Crippen molar-refractivity contribution in [2.24, 2.45) is 0 Å². The number of ether oxygens (including phenoxy) is 1. The van der Waals surface area contributed by atoms with E-state index in [0.29, 0.717) is 30.8 Å². The van der Waals surface area contributed by atoms with Gasteiger partial charge in [0.25, 0.3) is 11.8 Å². The number of nitrogens with zero attached hydrogens (tertiary/aromatic N) is 2. The Morgan fingerprint density at radius 1 is 1.04 bits per heavy atom. The minimum absolute atomic E-state index is 0.0454. The van der Waals surface area contributed by atoms with E-state index in [-0.39, 0.29) is 42.6 Å². The van der Waals surface area contributed by atoms with Crippen LogP contribution in [-0.2, 0) is 9.53 Å². The smallest absolute Gasteiger partial charge is 0.261 e. The minimum Gasteiger partial charge on any atom is -0.370 e. The van der Waals surface area contributed by atoms with Gasteiger partial charge >= 0.3 is 0 Å². The van der Waals surface area contributed by atoms with E-state index in [4.69, 9.17) is 4.74 Å². The Bertz CT molecular complexity index is 893. The van der Waals surface area contributed by atoms with Gasteiger partial charge in [-0.15, -0.1) is 0 Å². The highest BCUT2D eigenvalue weighted by Crippen LogP contribution is 2.24. The van der Waals surface area contributed by atoms with E-state index in [0.717, 1.165) is 10.5 Å². The monoisotopic (exact) mass is 382 g/mol. The second-order valence-corrected chi connectivity index (χ2v) is 6.81. The molecule has 0 spiro atoms. The van der Waals surface area contributed by atoms with Crippen LogP contribution in [0.5, 0.6) is 0 Å². The van der Waals surface area contributed by atoms with Crippen molar-refractivity contribution >= 4 is 17.7 Å². The molecule has 2 aromatic carbocycles. The molecule has 1 atom stereocenters. The summed E-state index contributed by atoms with van der Waals surface area (Å²) in [6.07, 6.45) is -0.265. The second kappa shape index (κ2) is 7.52. The van der Waals surface area contributed by atoms with Gasteiger partial charge in [-0.25, -0.2) is 4.39 Å². The average Bonchev–Trinajstić information content (AvgIpc) is 2.97. The molecule has 0 saturated carbocycles. The van der Waals surface area contributed by atoms with Crippen molar-refractivity contribution in [2.75, 3.05) is 26.2 Å². The molecule has 2 aliphatic heterocycles. The third-order valence-corrected chi connectivity index (χ3v) is 5.09. The highest BCUT2D eigenvalue weighted by atomic mass is 19.1. The Morgan fingerprint density at radius 3 is 2.32 bits per heavy atom. The van der Waals surface area contributed by atoms with Gasteiger partial charge in [-0.1, -0.05) is 24.3 Å². The zero-order chi connectivity index (χ0) is 19.7. The molecule has 1 unspecified atom stereocenters. The van der Waals surface area contributed by atoms with Crippen molar-refractivity contribution < 1.29 is 23.5 Å². The second-order valence-electron chi connectivity index (χ2n) is 6.81. The van der Waals surface area contributed by atoms with Crippen LogP contribution in [-0.4, -0.2) is 53.8 Å². The number of morpholine rings is 1. The van der Waals surface area contributed by atoms with E-state index >= 15 is 0 Å². The maximum Gasteiger partial charge on any atom is 0.261 e. The summed E-state index contributed by atoms with van der Waals surface area (Å²) >= 11 is 0. The molecule has 4 rings (SSSR count). The van der Waals surface area contributed by atoms with Crippen molar-refractivity contribution in [3.63, 3.8) is 0 Å². The molecule has 0 aromatic heterocycles. The third kappa shape index (κ3) is 3.41. The SMILES string of the molecule is O=C(CCN1C(=O)c2ccccc2C1=O)N1CCOC(c2ccc(F)cc2)C1. The van der Waals surface area contributed by atoms with E-state index in [1.807, 2.05) is 0 Å². The van der Waals surface area contributed by atoms with E-state index < -0.39 is 0 Å². The van der Waals surface area contributed by atoms with Gasteiger partial charge in [-0.2, -0.15) is 0 Å². The van der Waals surface area contributed by atoms with Crippen LogP contribution in [0.25, 0.3) is 0 Å². The fourth-order valence-corrected chi connectivity index (χ4v) is 3.56. The first-order chi connectivity index (χ1) is 13.5. The van der Waals surface area contributed by atoms with Gasteiger partial charge in [-0.3, -0.25) is 19.3 Å². The summed E-state index contributed by atoms with van der Waals surface area (Å²) in [5, 5.41) is 0. The number of halogens is 1. The van der Waals surface area contributed by atoms with Crippen LogP contribution in [0, 0.1) is 5.82 Å². The summed E-state index contributed by atoms with van der Waals surface area (Å²) in [5.74, 6) is -1.19. The Morgan fingerprint density at radius 2 is 1.68 bits per heavy atom. The summed E-state index contributed by atoms with van der Waals surface area (Å²) in [6.45, 7) is 1.22. The van der Waals surface area contributed by atoms with Gasteiger partial charge in [0.2, 0.25) is 5.91 Å². The predicted octanol–water partition coefficient (Wildman–Crippen LogP) is 2.41. The maximum absolute atomic E-state index is 13.1. The third-order valence-electron chi connectivity index (χ3n) is 5.09. The molecule has 2 aliphatic rings. The number of hydrogen-bond donors (Lipinski definition) is 0. The van der Waals surface area contributed by atoms with Gasteiger partial charge in [-0.05, 0) is 29.8 Å². The maximum atomic E-state index is 13.1. The summed E-state index contributed by atoms with van der Waals surface area (Å²) in [6, 6.07) is 12.7. The quantitative estimate of drug-likeness (QED) is 0.762. The first-order valence-corrected chi connectivity index (χ1v) is 9.14. The molecule has 3 amide bonds. The first-order valence-electron chi connectivity index (χ1n) is 9.14. The molecule has 6 nitrogen and oxygen atoms in total. The van der Waals surface area contributed by atoms with E-state index in [9.17, 15) is 18.8 Å². The van der Waals surface area contributed by atoms with E-state index in [1.165, 1.54) is 12.1 Å². The number of imide groups is 1. The van der Waals surface area contributed by atoms with Crippen LogP contribution < -0.4 is 0 Å². The summed E-state index contributed by atoms with van der Waals surface area (Å²) in [7, 11) is 0. The van der Waals surface area contributed by atoms with Crippen molar-refractivity contribution in [3.05, 3.63) is 71.0 Å². The molecule has 1 fully saturated rings. The molecular weight excluding hydrogens is 363 g/mol. The van der Waals surface area contributed by atoms with Gasteiger partial charge in [0, 0.05) is 19.5 Å². The molecular formula is C21H19FN2O4. The minimum atomic E-state index is -0.362. The molecule has 28 heavy (non-hydrogen) atoms. The van der Waals surface area contributed by atoms with Crippen LogP contribution in [0.1, 0.15) is 38.8 Å². The van der Waals surface area contributed by atoms with Crippen LogP contribution in [0.3, 0.4) is 0 Å². The largest absolute Gasteiger partial charge is 0.370 e. The standard InChI is InChI=1S/C21H19FN2O4/c22-15-7-5-14(6-8-15)18-13-23(11-12-28-18)19(25)9-10-24-20(26)16-3-1-2-4-17(16)21(24)27/h1-8,18H,9-13H2. The molecule has 1 saturated heterocycles. The van der Waals surface area contributed by atoms with Gasteiger partial charge in [0.1, 0.15) is 11.9 Å². The number of carbonyl (C=O) groups is 3. The Balaban J connectivity index is 1.37. The Labute approximate surface area is 161 Å². The topological polar surface area (TPSA) is 66.9 Å². The number of rotatable bonds is 4. The average molecular weight is 382 g/mol.